The molecular formula is C18H20ClNO. The first-order chi connectivity index (χ1) is 10.0. The summed E-state index contributed by atoms with van der Waals surface area (Å²) in [6.07, 6.45) is 0.839. The van der Waals surface area contributed by atoms with Crippen molar-refractivity contribution in [1.29, 1.82) is 0 Å². The fraction of sp³-hybridized carbons (Fsp3) is 0.278. The van der Waals surface area contributed by atoms with Crippen molar-refractivity contribution in [3.63, 3.8) is 0 Å². The Kier molecular flexibility index (Phi) is 5.03. The van der Waals surface area contributed by atoms with E-state index in [1.807, 2.05) is 68.4 Å². The Morgan fingerprint density at radius 1 is 1.05 bits per heavy atom. The fourth-order valence-corrected chi connectivity index (χ4v) is 2.36. The maximum absolute atomic E-state index is 12.5. The first kappa shape index (κ1) is 15.6. The van der Waals surface area contributed by atoms with Gasteiger partial charge >= 0.3 is 0 Å². The number of rotatable bonds is 5. The molecule has 0 saturated heterocycles. The second kappa shape index (κ2) is 6.77. The first-order valence-corrected chi connectivity index (χ1v) is 7.59. The highest BCUT2D eigenvalue weighted by Gasteiger charge is 2.29. The summed E-state index contributed by atoms with van der Waals surface area (Å²) in [5, 5.41) is 2.98. The van der Waals surface area contributed by atoms with Gasteiger partial charge in [-0.1, -0.05) is 42.5 Å². The molecule has 2 aromatic rings. The minimum atomic E-state index is -0.573. The van der Waals surface area contributed by atoms with Gasteiger partial charge in [0.25, 0.3) is 0 Å². The van der Waals surface area contributed by atoms with Gasteiger partial charge < -0.3 is 5.32 Å². The molecule has 110 valence electrons. The van der Waals surface area contributed by atoms with Gasteiger partial charge in [-0.2, -0.15) is 0 Å². The zero-order valence-electron chi connectivity index (χ0n) is 12.4. The third-order valence-electron chi connectivity index (χ3n) is 3.66. The van der Waals surface area contributed by atoms with Gasteiger partial charge in [-0.05, 0) is 43.5 Å². The molecule has 0 aliphatic rings. The maximum Gasteiger partial charge on any atom is 0.234 e. The number of benzene rings is 2. The number of nitrogens with one attached hydrogen (secondary N) is 1. The standard InChI is InChI=1S/C18H20ClNO/c1-18(2,15-6-4-3-5-7-15)17(21)20-16-10-8-14(9-11-16)12-13-19/h3-11H,12-13H2,1-2H3,(H,20,21). The summed E-state index contributed by atoms with van der Waals surface area (Å²) < 4.78 is 0. The maximum atomic E-state index is 12.5. The second-order valence-electron chi connectivity index (χ2n) is 5.58. The number of halogens is 1. The van der Waals surface area contributed by atoms with Gasteiger partial charge in [-0.25, -0.2) is 0 Å². The quantitative estimate of drug-likeness (QED) is 0.816. The first-order valence-electron chi connectivity index (χ1n) is 7.06. The summed E-state index contributed by atoms with van der Waals surface area (Å²) in [7, 11) is 0. The molecule has 0 aliphatic heterocycles. The van der Waals surface area contributed by atoms with Gasteiger partial charge in [-0.15, -0.1) is 11.6 Å². The predicted octanol–water partition coefficient (Wildman–Crippen LogP) is 4.38. The zero-order chi connectivity index (χ0) is 15.3. The van der Waals surface area contributed by atoms with E-state index in [1.165, 1.54) is 5.56 Å². The lowest BCUT2D eigenvalue weighted by Gasteiger charge is -2.24. The number of hydrogen-bond acceptors (Lipinski definition) is 1. The number of aryl methyl sites for hydroxylation is 1. The number of alkyl halides is 1. The predicted molar refractivity (Wildman–Crippen MR) is 89.0 cm³/mol. The number of carbonyl (C=O) groups is 1. The molecule has 21 heavy (non-hydrogen) atoms. The molecule has 3 heteroatoms. The Bertz CT molecular complexity index is 590. The highest BCUT2D eigenvalue weighted by atomic mass is 35.5. The van der Waals surface area contributed by atoms with Crippen LogP contribution in [0.2, 0.25) is 0 Å². The third kappa shape index (κ3) is 3.85. The van der Waals surface area contributed by atoms with Crippen LogP contribution in [0.4, 0.5) is 5.69 Å². The van der Waals surface area contributed by atoms with Crippen LogP contribution in [0.25, 0.3) is 0 Å². The summed E-state index contributed by atoms with van der Waals surface area (Å²) in [6.45, 7) is 3.86. The number of carbonyl (C=O) groups excluding carboxylic acids is 1. The normalized spacial score (nSPS) is 11.2. The molecule has 0 fully saturated rings. The lowest BCUT2D eigenvalue weighted by atomic mass is 9.83. The van der Waals surface area contributed by atoms with Crippen LogP contribution in [-0.4, -0.2) is 11.8 Å². The van der Waals surface area contributed by atoms with Crippen LogP contribution in [-0.2, 0) is 16.6 Å². The van der Waals surface area contributed by atoms with Crippen molar-refractivity contribution in [3.8, 4) is 0 Å². The Morgan fingerprint density at radius 2 is 1.67 bits per heavy atom. The van der Waals surface area contributed by atoms with Gasteiger partial charge in [-0.3, -0.25) is 4.79 Å². The van der Waals surface area contributed by atoms with Crippen molar-refractivity contribution in [2.45, 2.75) is 25.7 Å². The summed E-state index contributed by atoms with van der Waals surface area (Å²) in [5.41, 5.74) is 2.41. The molecule has 0 aromatic heterocycles. The van der Waals surface area contributed by atoms with Gasteiger partial charge in [0, 0.05) is 11.6 Å². The molecule has 1 N–H and O–H groups in total. The van der Waals surface area contributed by atoms with Crippen molar-refractivity contribution in [3.05, 3.63) is 65.7 Å². The monoisotopic (exact) mass is 301 g/mol. The van der Waals surface area contributed by atoms with Crippen LogP contribution < -0.4 is 5.32 Å². The molecular weight excluding hydrogens is 282 g/mol. The Morgan fingerprint density at radius 3 is 2.24 bits per heavy atom. The molecule has 0 aliphatic carbocycles. The third-order valence-corrected chi connectivity index (χ3v) is 3.85. The highest BCUT2D eigenvalue weighted by molar-refractivity contribution is 6.18. The van der Waals surface area contributed by atoms with Crippen molar-refractivity contribution >= 4 is 23.2 Å². The molecule has 0 unspecified atom stereocenters. The largest absolute Gasteiger partial charge is 0.325 e. The van der Waals surface area contributed by atoms with Crippen molar-refractivity contribution in [1.82, 2.24) is 0 Å². The van der Waals surface area contributed by atoms with Crippen LogP contribution in [0.3, 0.4) is 0 Å². The summed E-state index contributed by atoms with van der Waals surface area (Å²) in [4.78, 5) is 12.5. The summed E-state index contributed by atoms with van der Waals surface area (Å²) in [5.74, 6) is 0.589. The van der Waals surface area contributed by atoms with Gasteiger partial charge in [0.1, 0.15) is 0 Å². The van der Waals surface area contributed by atoms with E-state index in [-0.39, 0.29) is 5.91 Å². The zero-order valence-corrected chi connectivity index (χ0v) is 13.2. The molecule has 2 nitrogen and oxygen atoms in total. The van der Waals surface area contributed by atoms with E-state index in [1.54, 1.807) is 0 Å². The lowest BCUT2D eigenvalue weighted by Crippen LogP contribution is -2.34. The van der Waals surface area contributed by atoms with Crippen molar-refractivity contribution in [2.75, 3.05) is 11.2 Å². The molecule has 0 bridgehead atoms. The molecule has 0 spiro atoms. The SMILES string of the molecule is CC(C)(C(=O)Nc1ccc(CCCl)cc1)c1ccccc1. The molecule has 0 atom stereocenters. The van der Waals surface area contributed by atoms with Crippen molar-refractivity contribution < 1.29 is 4.79 Å². The number of amides is 1. The highest BCUT2D eigenvalue weighted by Crippen LogP contribution is 2.25. The van der Waals surface area contributed by atoms with Crippen LogP contribution in [0, 0.1) is 0 Å². The van der Waals surface area contributed by atoms with Crippen LogP contribution in [0.5, 0.6) is 0 Å². The van der Waals surface area contributed by atoms with Gasteiger partial charge in [0.05, 0.1) is 5.41 Å². The van der Waals surface area contributed by atoms with E-state index in [9.17, 15) is 4.79 Å². The fourth-order valence-electron chi connectivity index (χ4n) is 2.14. The average Bonchev–Trinajstić information content (AvgIpc) is 2.50. The van der Waals surface area contributed by atoms with E-state index >= 15 is 0 Å². The Hall–Kier alpha value is -1.80. The average molecular weight is 302 g/mol. The number of anilines is 1. The minimum absolute atomic E-state index is 0.0150. The summed E-state index contributed by atoms with van der Waals surface area (Å²) >= 11 is 5.72. The summed E-state index contributed by atoms with van der Waals surface area (Å²) in [6, 6.07) is 17.6. The minimum Gasteiger partial charge on any atom is -0.325 e. The van der Waals surface area contributed by atoms with Crippen LogP contribution in [0.1, 0.15) is 25.0 Å². The molecule has 1 amide bonds. The molecule has 0 saturated carbocycles. The van der Waals surface area contributed by atoms with Crippen LogP contribution >= 0.6 is 11.6 Å². The second-order valence-corrected chi connectivity index (χ2v) is 5.96. The Balaban J connectivity index is 2.10. The van der Waals surface area contributed by atoms with Crippen LogP contribution in [0.15, 0.2) is 54.6 Å². The van der Waals surface area contributed by atoms with E-state index in [4.69, 9.17) is 11.6 Å². The van der Waals surface area contributed by atoms with Gasteiger partial charge in [0.15, 0.2) is 0 Å². The molecule has 0 radical (unpaired) electrons. The van der Waals surface area contributed by atoms with Gasteiger partial charge in [0.2, 0.25) is 5.91 Å². The number of hydrogen-bond donors (Lipinski definition) is 1. The van der Waals surface area contributed by atoms with E-state index in [2.05, 4.69) is 5.32 Å². The van der Waals surface area contributed by atoms with E-state index in [0.717, 1.165) is 17.7 Å². The lowest BCUT2D eigenvalue weighted by molar-refractivity contribution is -0.120. The molecule has 2 rings (SSSR count). The Labute approximate surface area is 131 Å². The van der Waals surface area contributed by atoms with Crippen molar-refractivity contribution in [2.24, 2.45) is 0 Å². The molecule has 0 heterocycles. The van der Waals surface area contributed by atoms with E-state index < -0.39 is 5.41 Å². The smallest absolute Gasteiger partial charge is 0.234 e. The molecule has 2 aromatic carbocycles. The topological polar surface area (TPSA) is 29.1 Å². The van der Waals surface area contributed by atoms with E-state index in [0.29, 0.717) is 5.88 Å².